The summed E-state index contributed by atoms with van der Waals surface area (Å²) in [6.45, 7) is 4.17. The van der Waals surface area contributed by atoms with Gasteiger partial charge in [0.2, 0.25) is 5.91 Å². The van der Waals surface area contributed by atoms with Crippen molar-refractivity contribution in [3.8, 4) is 0 Å². The highest BCUT2D eigenvalue weighted by atomic mass is 16.3. The van der Waals surface area contributed by atoms with Crippen LogP contribution < -0.4 is 5.32 Å². The zero-order chi connectivity index (χ0) is 37.8. The van der Waals surface area contributed by atoms with Crippen LogP contribution in [0, 0.1) is 0 Å². The molecule has 0 aliphatic heterocycles. The number of carbonyl (C=O) groups excluding carboxylic acids is 1. The molecular formula is C48H85NO3. The molecule has 0 saturated carbocycles. The average molecular weight is 724 g/mol. The smallest absolute Gasteiger partial charge is 0.220 e. The van der Waals surface area contributed by atoms with Crippen LogP contribution in [0.2, 0.25) is 0 Å². The van der Waals surface area contributed by atoms with E-state index in [1.54, 1.807) is 6.08 Å². The predicted octanol–water partition coefficient (Wildman–Crippen LogP) is 13.9. The Morgan fingerprint density at radius 1 is 0.481 bits per heavy atom. The van der Waals surface area contributed by atoms with Gasteiger partial charge in [0, 0.05) is 6.42 Å². The Bertz CT molecular complexity index is 915. The third-order valence-electron chi connectivity index (χ3n) is 9.65. The van der Waals surface area contributed by atoms with Crippen LogP contribution in [0.5, 0.6) is 0 Å². The highest BCUT2D eigenvalue weighted by Crippen LogP contribution is 2.14. The number of unbranched alkanes of at least 4 members (excludes halogenated alkanes) is 22. The van der Waals surface area contributed by atoms with Crippen molar-refractivity contribution < 1.29 is 15.0 Å². The van der Waals surface area contributed by atoms with Crippen molar-refractivity contribution in [3.63, 3.8) is 0 Å². The van der Waals surface area contributed by atoms with Crippen molar-refractivity contribution >= 4 is 5.91 Å². The van der Waals surface area contributed by atoms with Gasteiger partial charge in [-0.25, -0.2) is 0 Å². The Morgan fingerprint density at radius 2 is 0.865 bits per heavy atom. The molecule has 0 heterocycles. The first-order valence-corrected chi connectivity index (χ1v) is 22.2. The zero-order valence-electron chi connectivity index (χ0n) is 34.3. The van der Waals surface area contributed by atoms with Gasteiger partial charge in [0.25, 0.3) is 0 Å². The van der Waals surface area contributed by atoms with Crippen molar-refractivity contribution in [2.45, 2.75) is 219 Å². The molecule has 0 aromatic rings. The van der Waals surface area contributed by atoms with Gasteiger partial charge < -0.3 is 15.5 Å². The molecule has 0 aliphatic carbocycles. The van der Waals surface area contributed by atoms with Gasteiger partial charge in [0.15, 0.2) is 0 Å². The Balaban J connectivity index is 3.66. The number of aliphatic hydroxyl groups excluding tert-OH is 2. The van der Waals surface area contributed by atoms with Gasteiger partial charge in [-0.15, -0.1) is 0 Å². The van der Waals surface area contributed by atoms with Crippen LogP contribution in [0.1, 0.15) is 206 Å². The van der Waals surface area contributed by atoms with Crippen LogP contribution in [0.4, 0.5) is 0 Å². The van der Waals surface area contributed by atoms with E-state index in [1.807, 2.05) is 6.08 Å². The Labute approximate surface area is 323 Å². The molecule has 1 amide bonds. The number of allylic oxidation sites excluding steroid dienone is 11. The normalized spacial score (nSPS) is 13.7. The first-order valence-electron chi connectivity index (χ1n) is 22.2. The second-order valence-corrected chi connectivity index (χ2v) is 14.7. The largest absolute Gasteiger partial charge is 0.394 e. The van der Waals surface area contributed by atoms with E-state index in [1.165, 1.54) is 116 Å². The first-order chi connectivity index (χ1) is 25.7. The van der Waals surface area contributed by atoms with Gasteiger partial charge >= 0.3 is 0 Å². The quantitative estimate of drug-likeness (QED) is 0.0437. The molecule has 0 aliphatic rings. The number of hydrogen-bond acceptors (Lipinski definition) is 3. The second kappa shape index (κ2) is 43.2. The molecule has 0 radical (unpaired) electrons. The standard InChI is InChI=1S/C48H85NO3/c1-3-5-7-9-11-13-15-17-19-20-21-22-23-24-25-26-27-28-30-31-33-35-37-39-41-43-47(51)46(45-50)49-48(52)44-42-40-38-36-34-32-29-18-16-14-12-10-8-6-4-2/h6,8,12,14,18,27-29,33,35,41,43,46-47,50-51H,3-5,7,9-11,13,15-17,19-26,30-32,34,36-40,42,44-45H2,1-2H3,(H,49,52)/b8-6-,14-12-,28-27+,29-18-,35-33+,43-41+. The summed E-state index contributed by atoms with van der Waals surface area (Å²) in [6, 6.07) is -0.658. The number of aliphatic hydroxyl groups is 2. The van der Waals surface area contributed by atoms with Crippen LogP contribution in [0.3, 0.4) is 0 Å². The fourth-order valence-corrected chi connectivity index (χ4v) is 6.28. The van der Waals surface area contributed by atoms with Crippen molar-refractivity contribution in [1.82, 2.24) is 5.32 Å². The first kappa shape index (κ1) is 49.8. The molecule has 3 N–H and O–H groups in total. The Morgan fingerprint density at radius 3 is 1.35 bits per heavy atom. The molecule has 0 rings (SSSR count). The Hall–Kier alpha value is -2.17. The summed E-state index contributed by atoms with van der Waals surface area (Å²) in [7, 11) is 0. The molecule has 2 unspecified atom stereocenters. The Kier molecular flexibility index (Phi) is 41.4. The number of carbonyl (C=O) groups is 1. The molecule has 300 valence electrons. The molecule has 4 nitrogen and oxygen atoms in total. The monoisotopic (exact) mass is 724 g/mol. The van der Waals surface area contributed by atoms with Crippen molar-refractivity contribution in [2.75, 3.05) is 6.61 Å². The van der Waals surface area contributed by atoms with Crippen LogP contribution in [-0.2, 0) is 4.79 Å². The summed E-state index contributed by atoms with van der Waals surface area (Å²) in [5.41, 5.74) is 0. The molecule has 0 bridgehead atoms. The number of amides is 1. The van der Waals surface area contributed by atoms with Gasteiger partial charge in [0.05, 0.1) is 18.8 Å². The summed E-state index contributed by atoms with van der Waals surface area (Å²) in [4.78, 5) is 12.3. The summed E-state index contributed by atoms with van der Waals surface area (Å²) < 4.78 is 0. The van der Waals surface area contributed by atoms with Gasteiger partial charge in [-0.1, -0.05) is 196 Å². The fraction of sp³-hybridized carbons (Fsp3) is 0.729. The van der Waals surface area contributed by atoms with Crippen LogP contribution in [-0.4, -0.2) is 34.9 Å². The second-order valence-electron chi connectivity index (χ2n) is 14.7. The maximum absolute atomic E-state index is 12.3. The number of rotatable bonds is 39. The van der Waals surface area contributed by atoms with E-state index in [4.69, 9.17) is 0 Å². The third-order valence-corrected chi connectivity index (χ3v) is 9.65. The molecule has 0 fully saturated rings. The predicted molar refractivity (Wildman–Crippen MR) is 230 cm³/mol. The van der Waals surface area contributed by atoms with E-state index >= 15 is 0 Å². The van der Waals surface area contributed by atoms with E-state index in [0.29, 0.717) is 6.42 Å². The third kappa shape index (κ3) is 39.0. The highest BCUT2D eigenvalue weighted by Gasteiger charge is 2.17. The molecule has 0 spiro atoms. The molecule has 0 saturated heterocycles. The minimum absolute atomic E-state index is 0.0977. The molecule has 2 atom stereocenters. The van der Waals surface area contributed by atoms with Gasteiger partial charge in [0.1, 0.15) is 0 Å². The van der Waals surface area contributed by atoms with E-state index in [-0.39, 0.29) is 12.5 Å². The lowest BCUT2D eigenvalue weighted by Gasteiger charge is -2.19. The summed E-state index contributed by atoms with van der Waals surface area (Å²) in [5, 5.41) is 23.0. The minimum atomic E-state index is -0.881. The van der Waals surface area contributed by atoms with Crippen molar-refractivity contribution in [1.29, 1.82) is 0 Å². The highest BCUT2D eigenvalue weighted by molar-refractivity contribution is 5.76. The summed E-state index contributed by atoms with van der Waals surface area (Å²) in [5.74, 6) is -0.0977. The molecule has 0 aromatic carbocycles. The number of nitrogens with one attached hydrogen (secondary N) is 1. The SMILES string of the molecule is CC/C=C\C/C=C\C/C=C\CCCCCCCC(=O)NC(CO)C(O)/C=C/CC/C=C/CC/C=C/CCCCCCCCCCCCCCCCC. The average Bonchev–Trinajstić information content (AvgIpc) is 3.15. The van der Waals surface area contributed by atoms with Crippen LogP contribution in [0.25, 0.3) is 0 Å². The lowest BCUT2D eigenvalue weighted by molar-refractivity contribution is -0.123. The van der Waals surface area contributed by atoms with Crippen molar-refractivity contribution in [3.05, 3.63) is 72.9 Å². The van der Waals surface area contributed by atoms with Gasteiger partial charge in [-0.05, 0) is 77.0 Å². The van der Waals surface area contributed by atoms with E-state index in [0.717, 1.165) is 70.6 Å². The van der Waals surface area contributed by atoms with Crippen molar-refractivity contribution in [2.24, 2.45) is 0 Å². The molecule has 0 aromatic heterocycles. The van der Waals surface area contributed by atoms with Crippen LogP contribution in [0.15, 0.2) is 72.9 Å². The van der Waals surface area contributed by atoms with Crippen LogP contribution >= 0.6 is 0 Å². The molecule has 52 heavy (non-hydrogen) atoms. The van der Waals surface area contributed by atoms with E-state index < -0.39 is 12.1 Å². The van der Waals surface area contributed by atoms with E-state index in [2.05, 4.69) is 79.9 Å². The van der Waals surface area contributed by atoms with E-state index in [9.17, 15) is 15.0 Å². The minimum Gasteiger partial charge on any atom is -0.394 e. The molecule has 4 heteroatoms. The summed E-state index contributed by atoms with van der Waals surface area (Å²) >= 11 is 0. The maximum Gasteiger partial charge on any atom is 0.220 e. The maximum atomic E-state index is 12.3. The number of hydrogen-bond donors (Lipinski definition) is 3. The summed E-state index contributed by atoms with van der Waals surface area (Å²) in [6.07, 6.45) is 61.6. The van der Waals surface area contributed by atoms with Gasteiger partial charge in [-0.3, -0.25) is 4.79 Å². The van der Waals surface area contributed by atoms with Gasteiger partial charge in [-0.2, -0.15) is 0 Å². The zero-order valence-corrected chi connectivity index (χ0v) is 34.3. The topological polar surface area (TPSA) is 69.6 Å². The lowest BCUT2D eigenvalue weighted by atomic mass is 10.0. The molecular weight excluding hydrogens is 639 g/mol. The lowest BCUT2D eigenvalue weighted by Crippen LogP contribution is -2.45. The fourth-order valence-electron chi connectivity index (χ4n) is 6.28.